The fraction of sp³-hybridized carbons (Fsp3) is 0.935. The molecule has 0 aliphatic rings. The van der Waals surface area contributed by atoms with Crippen LogP contribution in [0.4, 0.5) is 0 Å². The van der Waals surface area contributed by atoms with Crippen LogP contribution in [-0.2, 0) is 28.6 Å². The Morgan fingerprint density at radius 1 is 0.385 bits per heavy atom. The van der Waals surface area contributed by atoms with E-state index < -0.39 is 6.10 Å². The van der Waals surface area contributed by atoms with Crippen LogP contribution in [0, 0.1) is 5.92 Å². The van der Waals surface area contributed by atoms with Crippen molar-refractivity contribution in [1.82, 2.24) is 0 Å². The highest BCUT2D eigenvalue weighted by Gasteiger charge is 2.19. The first-order valence-corrected chi connectivity index (χ1v) is 22.9. The second-order valence-electron chi connectivity index (χ2n) is 15.9. The van der Waals surface area contributed by atoms with Gasteiger partial charge in [-0.3, -0.25) is 14.4 Å². The fourth-order valence-electron chi connectivity index (χ4n) is 6.77. The van der Waals surface area contributed by atoms with Crippen LogP contribution >= 0.6 is 0 Å². The van der Waals surface area contributed by atoms with Crippen LogP contribution in [-0.4, -0.2) is 37.2 Å². The molecule has 308 valence electrons. The van der Waals surface area contributed by atoms with Gasteiger partial charge in [0.05, 0.1) is 0 Å². The second kappa shape index (κ2) is 40.6. The number of hydrogen-bond acceptors (Lipinski definition) is 6. The highest BCUT2D eigenvalue weighted by atomic mass is 16.6. The lowest BCUT2D eigenvalue weighted by molar-refractivity contribution is -0.167. The van der Waals surface area contributed by atoms with Crippen molar-refractivity contribution < 1.29 is 28.6 Å². The van der Waals surface area contributed by atoms with Crippen molar-refractivity contribution in [3.8, 4) is 0 Å². The first-order chi connectivity index (χ1) is 25.4. The van der Waals surface area contributed by atoms with Gasteiger partial charge >= 0.3 is 17.9 Å². The molecule has 52 heavy (non-hydrogen) atoms. The maximum Gasteiger partial charge on any atom is 0.306 e. The van der Waals surface area contributed by atoms with Crippen LogP contribution in [0.3, 0.4) is 0 Å². The van der Waals surface area contributed by atoms with Gasteiger partial charge < -0.3 is 14.2 Å². The number of hydrogen-bond donors (Lipinski definition) is 0. The molecule has 0 aromatic rings. The summed E-state index contributed by atoms with van der Waals surface area (Å²) in [4.78, 5) is 37.5. The van der Waals surface area contributed by atoms with Gasteiger partial charge in [-0.05, 0) is 25.2 Å². The Hall–Kier alpha value is -1.59. The van der Waals surface area contributed by atoms with Gasteiger partial charge in [-0.2, -0.15) is 0 Å². The molecular formula is C46H88O6. The van der Waals surface area contributed by atoms with Gasteiger partial charge in [0.15, 0.2) is 6.10 Å². The predicted molar refractivity (Wildman–Crippen MR) is 220 cm³/mol. The Kier molecular flexibility index (Phi) is 39.4. The molecule has 0 rings (SSSR count). The van der Waals surface area contributed by atoms with Crippen molar-refractivity contribution in [2.24, 2.45) is 5.92 Å². The van der Waals surface area contributed by atoms with Crippen LogP contribution in [0.2, 0.25) is 0 Å². The first kappa shape index (κ1) is 50.4. The number of unbranched alkanes of at least 4 members (excludes halogenated alkanes) is 27. The maximum atomic E-state index is 12.6. The van der Waals surface area contributed by atoms with Crippen LogP contribution in [0.15, 0.2) is 0 Å². The molecule has 0 radical (unpaired) electrons. The van der Waals surface area contributed by atoms with Crippen molar-refractivity contribution in [1.29, 1.82) is 0 Å². The molecule has 6 heteroatoms. The molecular weight excluding hydrogens is 648 g/mol. The van der Waals surface area contributed by atoms with Crippen molar-refractivity contribution in [3.63, 3.8) is 0 Å². The zero-order valence-corrected chi connectivity index (χ0v) is 35.3. The average Bonchev–Trinajstić information content (AvgIpc) is 3.14. The molecule has 0 spiro atoms. The molecule has 0 amide bonds. The van der Waals surface area contributed by atoms with Gasteiger partial charge in [0.1, 0.15) is 13.2 Å². The molecule has 0 aromatic carbocycles. The van der Waals surface area contributed by atoms with E-state index in [-0.39, 0.29) is 31.1 Å². The van der Waals surface area contributed by atoms with Crippen LogP contribution in [0.5, 0.6) is 0 Å². The average molecular weight is 737 g/mol. The quantitative estimate of drug-likeness (QED) is 0.0353. The smallest absolute Gasteiger partial charge is 0.306 e. The van der Waals surface area contributed by atoms with Gasteiger partial charge in [0, 0.05) is 19.3 Å². The van der Waals surface area contributed by atoms with E-state index in [0.717, 1.165) is 63.7 Å². The highest BCUT2D eigenvalue weighted by molar-refractivity contribution is 5.71. The van der Waals surface area contributed by atoms with Crippen LogP contribution < -0.4 is 0 Å². The van der Waals surface area contributed by atoms with Crippen molar-refractivity contribution in [2.45, 2.75) is 259 Å². The summed E-state index contributed by atoms with van der Waals surface area (Å²) in [6.07, 6.45) is 39.6. The molecule has 0 N–H and O–H groups in total. The molecule has 0 aliphatic heterocycles. The molecule has 0 heterocycles. The van der Waals surface area contributed by atoms with Crippen molar-refractivity contribution in [2.75, 3.05) is 13.2 Å². The summed E-state index contributed by atoms with van der Waals surface area (Å²) in [5.41, 5.74) is 0. The summed E-state index contributed by atoms with van der Waals surface area (Å²) >= 11 is 0. The molecule has 0 aliphatic carbocycles. The SMILES string of the molecule is CCCCCCCCCCCCCCCCCCCC(=O)OC[C@@H](COC(=O)CCCCCCCCC)OC(=O)CCCCCCCCC(C)CC. The third-order valence-electron chi connectivity index (χ3n) is 10.7. The Balaban J connectivity index is 4.21. The fourth-order valence-corrected chi connectivity index (χ4v) is 6.77. The summed E-state index contributed by atoms with van der Waals surface area (Å²) in [5.74, 6) is -0.0538. The van der Waals surface area contributed by atoms with E-state index in [0.29, 0.717) is 19.3 Å². The second-order valence-corrected chi connectivity index (χ2v) is 15.9. The minimum Gasteiger partial charge on any atom is -0.462 e. The van der Waals surface area contributed by atoms with E-state index >= 15 is 0 Å². The lowest BCUT2D eigenvalue weighted by atomic mass is 10.00. The van der Waals surface area contributed by atoms with Crippen molar-refractivity contribution in [3.05, 3.63) is 0 Å². The number of esters is 3. The topological polar surface area (TPSA) is 78.9 Å². The van der Waals surface area contributed by atoms with Gasteiger partial charge in [-0.25, -0.2) is 0 Å². The zero-order valence-electron chi connectivity index (χ0n) is 35.3. The van der Waals surface area contributed by atoms with Gasteiger partial charge in [-0.1, -0.05) is 214 Å². The molecule has 0 saturated heterocycles. The third kappa shape index (κ3) is 38.1. The van der Waals surface area contributed by atoms with E-state index in [1.165, 1.54) is 148 Å². The normalized spacial score (nSPS) is 12.5. The lowest BCUT2D eigenvalue weighted by Crippen LogP contribution is -2.30. The zero-order chi connectivity index (χ0) is 38.2. The van der Waals surface area contributed by atoms with E-state index in [1.807, 2.05) is 0 Å². The number of ether oxygens (including phenoxy) is 3. The minimum absolute atomic E-state index is 0.0651. The predicted octanol–water partition coefficient (Wildman–Crippen LogP) is 14.3. The Morgan fingerprint density at radius 3 is 1.00 bits per heavy atom. The molecule has 0 aromatic heterocycles. The molecule has 1 unspecified atom stereocenters. The van der Waals surface area contributed by atoms with E-state index in [9.17, 15) is 14.4 Å². The molecule has 2 atom stereocenters. The van der Waals surface area contributed by atoms with Gasteiger partial charge in [-0.15, -0.1) is 0 Å². The van der Waals surface area contributed by atoms with E-state index in [2.05, 4.69) is 27.7 Å². The highest BCUT2D eigenvalue weighted by Crippen LogP contribution is 2.17. The van der Waals surface area contributed by atoms with E-state index in [4.69, 9.17) is 14.2 Å². The summed E-state index contributed by atoms with van der Waals surface area (Å²) in [6, 6.07) is 0. The first-order valence-electron chi connectivity index (χ1n) is 22.9. The molecule has 0 saturated carbocycles. The Labute approximate surface area is 323 Å². The van der Waals surface area contributed by atoms with Crippen LogP contribution in [0.25, 0.3) is 0 Å². The summed E-state index contributed by atoms with van der Waals surface area (Å²) in [6.45, 7) is 8.93. The number of rotatable bonds is 41. The largest absolute Gasteiger partial charge is 0.462 e. The monoisotopic (exact) mass is 737 g/mol. The lowest BCUT2D eigenvalue weighted by Gasteiger charge is -2.18. The van der Waals surface area contributed by atoms with Gasteiger partial charge in [0.25, 0.3) is 0 Å². The maximum absolute atomic E-state index is 12.6. The summed E-state index contributed by atoms with van der Waals surface area (Å²) < 4.78 is 16.6. The minimum atomic E-state index is -0.759. The Morgan fingerprint density at radius 2 is 0.673 bits per heavy atom. The number of carbonyl (C=O) groups is 3. The van der Waals surface area contributed by atoms with Gasteiger partial charge in [0.2, 0.25) is 0 Å². The summed E-state index contributed by atoms with van der Waals surface area (Å²) in [7, 11) is 0. The number of carbonyl (C=O) groups excluding carboxylic acids is 3. The molecule has 0 fully saturated rings. The van der Waals surface area contributed by atoms with Crippen LogP contribution in [0.1, 0.15) is 252 Å². The third-order valence-corrected chi connectivity index (χ3v) is 10.7. The Bertz CT molecular complexity index is 783. The molecule has 0 bridgehead atoms. The van der Waals surface area contributed by atoms with E-state index in [1.54, 1.807) is 0 Å². The standard InChI is InChI=1S/C46H88O6/c1-5-8-10-12-14-15-16-17-18-19-20-21-22-23-25-30-34-38-45(48)51-41-43(40-50-44(47)37-33-29-24-13-11-9-6-2)52-46(49)39-35-31-27-26-28-32-36-42(4)7-3/h42-43H,5-41H2,1-4H3/t42?,43-/m1/s1. The van der Waals surface area contributed by atoms with Crippen molar-refractivity contribution >= 4 is 17.9 Å². The molecule has 6 nitrogen and oxygen atoms in total. The summed E-state index contributed by atoms with van der Waals surface area (Å²) in [5, 5.41) is 0.